The van der Waals surface area contributed by atoms with Gasteiger partial charge in [0.05, 0.1) is 0 Å². The number of nitrogens with one attached hydrogen (secondary N) is 3. The van der Waals surface area contributed by atoms with Crippen LogP contribution in [-0.4, -0.2) is 68.1 Å². The number of aryl methyl sites for hydroxylation is 1. The van der Waals surface area contributed by atoms with E-state index < -0.39 is 0 Å². The molecule has 0 unspecified atom stereocenters. The van der Waals surface area contributed by atoms with Crippen molar-refractivity contribution in [3.63, 3.8) is 0 Å². The Labute approximate surface area is 245 Å². The van der Waals surface area contributed by atoms with Crippen LogP contribution in [0.4, 0.5) is 29.0 Å². The first kappa shape index (κ1) is 27.7. The number of nitrogens with zero attached hydrogens (tertiary/aromatic N) is 6. The number of likely N-dealkylation sites (tertiary alicyclic amines) is 1. The number of carbonyl (C=O) groups is 1. The lowest BCUT2D eigenvalue weighted by Gasteiger charge is -2.38. The highest BCUT2D eigenvalue weighted by atomic mass is 16.5. The number of rotatable bonds is 8. The summed E-state index contributed by atoms with van der Waals surface area (Å²) >= 11 is 0. The molecule has 0 radical (unpaired) electrons. The maximum atomic E-state index is 12.9. The minimum absolute atomic E-state index is 0.0431. The summed E-state index contributed by atoms with van der Waals surface area (Å²) < 4.78 is 5.49. The Hall–Kier alpha value is -4.48. The fourth-order valence-corrected chi connectivity index (χ4v) is 5.43. The van der Waals surface area contributed by atoms with Gasteiger partial charge < -0.3 is 25.6 Å². The van der Waals surface area contributed by atoms with E-state index >= 15 is 0 Å². The Morgan fingerprint density at radius 3 is 2.29 bits per heavy atom. The van der Waals surface area contributed by atoms with Crippen LogP contribution >= 0.6 is 0 Å². The zero-order valence-corrected chi connectivity index (χ0v) is 23.7. The van der Waals surface area contributed by atoms with E-state index in [0.717, 1.165) is 69.1 Å². The van der Waals surface area contributed by atoms with E-state index in [9.17, 15) is 4.79 Å². The van der Waals surface area contributed by atoms with Gasteiger partial charge in [0.25, 0.3) is 0 Å². The van der Waals surface area contributed by atoms with Gasteiger partial charge in [0.15, 0.2) is 5.82 Å². The van der Waals surface area contributed by atoms with Crippen LogP contribution in [0.5, 0.6) is 0 Å². The molecular formula is C31H35N9O2. The smallest absolute Gasteiger partial charge is 0.229 e. The number of ether oxygens (including phenoxy) is 1. The van der Waals surface area contributed by atoms with Gasteiger partial charge in [0.2, 0.25) is 11.9 Å². The molecule has 1 amide bonds. The standard InChI is InChI=1S/C31H35N9O2/c1-21-3-2-4-26(34-21)29-32-15-9-27(38-29)37-28-10-16-33-31(39-28)36-24-7-5-23(6-8-24)35-30(41)22-11-17-40(18-12-22)25-13-19-42-20-14-25/h2-10,15-16,22,25H,11-14,17-20H2,1H3,(H,35,41)(H2,32,33,36,37,38,39). The van der Waals surface area contributed by atoms with Crippen molar-refractivity contribution in [3.8, 4) is 11.5 Å². The van der Waals surface area contributed by atoms with E-state index in [4.69, 9.17) is 4.74 Å². The normalized spacial score (nSPS) is 16.6. The molecule has 6 rings (SSSR count). The SMILES string of the molecule is Cc1cccc(-c2nccc(Nc3ccnc(Nc4ccc(NC(=O)C5CCN(C6CCOCC6)CC5)cc4)n3)n2)n1. The zero-order chi connectivity index (χ0) is 28.7. The van der Waals surface area contributed by atoms with Gasteiger partial charge in [-0.15, -0.1) is 0 Å². The van der Waals surface area contributed by atoms with Crippen molar-refractivity contribution in [2.45, 2.75) is 38.6 Å². The maximum absolute atomic E-state index is 12.9. The summed E-state index contributed by atoms with van der Waals surface area (Å²) in [6.45, 7) is 5.58. The Bertz CT molecular complexity index is 1500. The van der Waals surface area contributed by atoms with E-state index in [2.05, 4.69) is 45.8 Å². The highest BCUT2D eigenvalue weighted by molar-refractivity contribution is 5.92. The third kappa shape index (κ3) is 7.04. The van der Waals surface area contributed by atoms with E-state index in [1.54, 1.807) is 24.5 Å². The number of amides is 1. The van der Waals surface area contributed by atoms with E-state index in [-0.39, 0.29) is 11.8 Å². The van der Waals surface area contributed by atoms with Crippen molar-refractivity contribution in [1.82, 2.24) is 29.8 Å². The van der Waals surface area contributed by atoms with Gasteiger partial charge in [0.1, 0.15) is 17.3 Å². The van der Waals surface area contributed by atoms with Crippen LogP contribution in [-0.2, 0) is 9.53 Å². The van der Waals surface area contributed by atoms with Crippen LogP contribution < -0.4 is 16.0 Å². The number of carbonyl (C=O) groups excluding carboxylic acids is 1. The molecule has 2 saturated heterocycles. The molecular weight excluding hydrogens is 530 g/mol. The van der Waals surface area contributed by atoms with Gasteiger partial charge in [-0.2, -0.15) is 4.98 Å². The van der Waals surface area contributed by atoms with Crippen molar-refractivity contribution >= 4 is 34.9 Å². The van der Waals surface area contributed by atoms with Gasteiger partial charge in [-0.05, 0) is 94.2 Å². The first-order valence-electron chi connectivity index (χ1n) is 14.5. The monoisotopic (exact) mass is 565 g/mol. The quantitative estimate of drug-likeness (QED) is 0.270. The number of aromatic nitrogens is 5. The van der Waals surface area contributed by atoms with Gasteiger partial charge in [0, 0.05) is 54.6 Å². The minimum Gasteiger partial charge on any atom is -0.381 e. The molecule has 2 aliphatic rings. The second-order valence-corrected chi connectivity index (χ2v) is 10.7. The Kier molecular flexibility index (Phi) is 8.57. The summed E-state index contributed by atoms with van der Waals surface area (Å²) in [5.41, 5.74) is 3.19. The van der Waals surface area contributed by atoms with Crippen molar-refractivity contribution in [3.05, 3.63) is 72.7 Å². The van der Waals surface area contributed by atoms with Crippen LogP contribution in [0.15, 0.2) is 67.0 Å². The lowest BCUT2D eigenvalue weighted by atomic mass is 9.93. The maximum Gasteiger partial charge on any atom is 0.229 e. The highest BCUT2D eigenvalue weighted by Gasteiger charge is 2.29. The number of hydrogen-bond acceptors (Lipinski definition) is 10. The number of piperidine rings is 1. The summed E-state index contributed by atoms with van der Waals surface area (Å²) in [4.78, 5) is 37.8. The molecule has 0 bridgehead atoms. The third-order valence-electron chi connectivity index (χ3n) is 7.70. The summed E-state index contributed by atoms with van der Waals surface area (Å²) in [5.74, 6) is 2.28. The predicted molar refractivity (Wildman–Crippen MR) is 162 cm³/mol. The zero-order valence-electron chi connectivity index (χ0n) is 23.7. The lowest BCUT2D eigenvalue weighted by Crippen LogP contribution is -2.45. The Morgan fingerprint density at radius 2 is 1.52 bits per heavy atom. The first-order chi connectivity index (χ1) is 20.6. The van der Waals surface area contributed by atoms with Crippen molar-refractivity contribution < 1.29 is 9.53 Å². The Balaban J connectivity index is 1.02. The first-order valence-corrected chi connectivity index (χ1v) is 14.5. The second-order valence-electron chi connectivity index (χ2n) is 10.7. The summed E-state index contributed by atoms with van der Waals surface area (Å²) in [7, 11) is 0. The molecule has 2 aliphatic heterocycles. The Morgan fingerprint density at radius 1 is 0.810 bits per heavy atom. The molecule has 1 aromatic carbocycles. The minimum atomic E-state index is 0.0431. The molecule has 0 spiro atoms. The van der Waals surface area contributed by atoms with Gasteiger partial charge in [-0.25, -0.2) is 19.9 Å². The molecule has 3 N–H and O–H groups in total. The van der Waals surface area contributed by atoms with Gasteiger partial charge >= 0.3 is 0 Å². The third-order valence-corrected chi connectivity index (χ3v) is 7.70. The highest BCUT2D eigenvalue weighted by Crippen LogP contribution is 2.25. The van der Waals surface area contributed by atoms with Crippen LogP contribution in [0.2, 0.25) is 0 Å². The molecule has 0 atom stereocenters. The molecule has 4 aromatic rings. The number of benzene rings is 1. The van der Waals surface area contributed by atoms with Gasteiger partial charge in [-0.1, -0.05) is 6.07 Å². The molecule has 2 fully saturated rings. The van der Waals surface area contributed by atoms with Crippen molar-refractivity contribution in [2.24, 2.45) is 5.92 Å². The number of hydrogen-bond donors (Lipinski definition) is 3. The topological polar surface area (TPSA) is 130 Å². The average molecular weight is 566 g/mol. The summed E-state index contributed by atoms with van der Waals surface area (Å²) in [6.07, 6.45) is 7.33. The van der Waals surface area contributed by atoms with Gasteiger partial charge in [-0.3, -0.25) is 4.79 Å². The predicted octanol–water partition coefficient (Wildman–Crippen LogP) is 4.95. The summed E-state index contributed by atoms with van der Waals surface area (Å²) in [5, 5.41) is 9.52. The van der Waals surface area contributed by atoms with E-state index in [1.807, 2.05) is 49.4 Å². The van der Waals surface area contributed by atoms with E-state index in [1.165, 1.54) is 0 Å². The van der Waals surface area contributed by atoms with Crippen molar-refractivity contribution in [2.75, 3.05) is 42.3 Å². The van der Waals surface area contributed by atoms with Crippen LogP contribution in [0.25, 0.3) is 11.5 Å². The summed E-state index contributed by atoms with van der Waals surface area (Å²) in [6, 6.07) is 17.5. The molecule has 0 saturated carbocycles. The molecule has 5 heterocycles. The fraction of sp³-hybridized carbons (Fsp3) is 0.355. The number of anilines is 5. The second kappa shape index (κ2) is 13.0. The molecule has 42 heavy (non-hydrogen) atoms. The van der Waals surface area contributed by atoms with Crippen molar-refractivity contribution in [1.29, 1.82) is 0 Å². The molecule has 0 aliphatic carbocycles. The largest absolute Gasteiger partial charge is 0.381 e. The fourth-order valence-electron chi connectivity index (χ4n) is 5.43. The molecule has 11 heteroatoms. The number of pyridine rings is 1. The average Bonchev–Trinajstić information content (AvgIpc) is 3.03. The van der Waals surface area contributed by atoms with Crippen LogP contribution in [0, 0.1) is 12.8 Å². The molecule has 216 valence electrons. The van der Waals surface area contributed by atoms with Crippen LogP contribution in [0.3, 0.4) is 0 Å². The molecule has 3 aromatic heterocycles. The molecule has 11 nitrogen and oxygen atoms in total. The van der Waals surface area contributed by atoms with Crippen LogP contribution in [0.1, 0.15) is 31.4 Å². The lowest BCUT2D eigenvalue weighted by molar-refractivity contribution is -0.121. The van der Waals surface area contributed by atoms with E-state index in [0.29, 0.717) is 35.1 Å².